The molecule has 1 aliphatic heterocycles. The summed E-state index contributed by atoms with van der Waals surface area (Å²) >= 11 is 6.12. The molecule has 0 amide bonds. The lowest BCUT2D eigenvalue weighted by Crippen LogP contribution is -2.37. The van der Waals surface area contributed by atoms with Crippen LogP contribution in [0.1, 0.15) is 24.2 Å². The molecule has 0 N–H and O–H groups in total. The van der Waals surface area contributed by atoms with E-state index in [0.29, 0.717) is 11.2 Å². The highest BCUT2D eigenvalue weighted by Gasteiger charge is 2.23. The van der Waals surface area contributed by atoms with E-state index in [1.165, 1.54) is 19.4 Å². The lowest BCUT2D eigenvalue weighted by atomic mass is 10.2. The molecule has 1 aliphatic rings. The van der Waals surface area contributed by atoms with E-state index in [0.717, 1.165) is 23.8 Å². The van der Waals surface area contributed by atoms with E-state index in [1.807, 2.05) is 13.8 Å². The van der Waals surface area contributed by atoms with Gasteiger partial charge in [-0.05, 0) is 40.3 Å². The Hall–Kier alpha value is -0.870. The summed E-state index contributed by atoms with van der Waals surface area (Å²) in [6, 6.07) is 0.614. The monoisotopic (exact) mass is 268 g/mol. The predicted molar refractivity (Wildman–Crippen MR) is 75.4 cm³/mol. The summed E-state index contributed by atoms with van der Waals surface area (Å²) in [7, 11) is 4.27. The summed E-state index contributed by atoms with van der Waals surface area (Å²) < 4.78 is 0. The average Bonchev–Trinajstić information content (AvgIpc) is 2.69. The highest BCUT2D eigenvalue weighted by molar-refractivity contribution is 6.30. The number of aromatic nitrogens is 2. The maximum Gasteiger partial charge on any atom is 0.137 e. The standard InChI is InChI=1S/C13H21ClN4/c1-9-12(14)15-10(2)16-13(9)18(4)8-11-6-5-7-17(11)3/h11H,5-8H2,1-4H3. The Balaban J connectivity index is 2.15. The lowest BCUT2D eigenvalue weighted by molar-refractivity contribution is 0.314. The fraction of sp³-hybridized carbons (Fsp3) is 0.692. The van der Waals surface area contributed by atoms with Gasteiger partial charge in [0, 0.05) is 25.2 Å². The first kappa shape index (κ1) is 13.6. The minimum Gasteiger partial charge on any atom is -0.358 e. The summed E-state index contributed by atoms with van der Waals surface area (Å²) in [5.41, 5.74) is 0.963. The molecule has 0 aliphatic carbocycles. The van der Waals surface area contributed by atoms with Crippen LogP contribution >= 0.6 is 11.6 Å². The van der Waals surface area contributed by atoms with E-state index in [1.54, 1.807) is 0 Å². The van der Waals surface area contributed by atoms with Gasteiger partial charge in [0.15, 0.2) is 0 Å². The molecule has 0 bridgehead atoms. The SMILES string of the molecule is Cc1nc(Cl)c(C)c(N(C)CC2CCCN2C)n1. The van der Waals surface area contributed by atoms with Gasteiger partial charge in [0.05, 0.1) is 0 Å². The number of nitrogens with zero attached hydrogens (tertiary/aromatic N) is 4. The molecule has 2 rings (SSSR count). The molecule has 0 aromatic carbocycles. The second-order valence-electron chi connectivity index (χ2n) is 5.17. The first-order chi connectivity index (χ1) is 8.49. The van der Waals surface area contributed by atoms with Crippen molar-refractivity contribution in [3.63, 3.8) is 0 Å². The molecule has 1 atom stereocenters. The Morgan fingerprint density at radius 2 is 2.11 bits per heavy atom. The zero-order chi connectivity index (χ0) is 13.3. The van der Waals surface area contributed by atoms with Crippen molar-refractivity contribution in [1.82, 2.24) is 14.9 Å². The van der Waals surface area contributed by atoms with Crippen molar-refractivity contribution in [2.24, 2.45) is 0 Å². The highest BCUT2D eigenvalue weighted by atomic mass is 35.5. The lowest BCUT2D eigenvalue weighted by Gasteiger charge is -2.27. The van der Waals surface area contributed by atoms with Gasteiger partial charge in [0.2, 0.25) is 0 Å². The first-order valence-corrected chi connectivity index (χ1v) is 6.79. The Morgan fingerprint density at radius 3 is 2.72 bits per heavy atom. The van der Waals surface area contributed by atoms with E-state index in [4.69, 9.17) is 11.6 Å². The number of aryl methyl sites for hydroxylation is 1. The molecule has 5 heteroatoms. The van der Waals surface area contributed by atoms with Crippen LogP contribution in [-0.4, -0.2) is 48.1 Å². The molecule has 1 aromatic rings. The number of hydrogen-bond acceptors (Lipinski definition) is 4. The van der Waals surface area contributed by atoms with E-state index in [9.17, 15) is 0 Å². The van der Waals surface area contributed by atoms with Crippen LogP contribution in [0.15, 0.2) is 0 Å². The number of halogens is 1. The second kappa shape index (κ2) is 5.41. The molecular formula is C13H21ClN4. The molecule has 1 saturated heterocycles. The second-order valence-corrected chi connectivity index (χ2v) is 5.53. The zero-order valence-electron chi connectivity index (χ0n) is 11.6. The molecule has 1 unspecified atom stereocenters. The van der Waals surface area contributed by atoms with Crippen molar-refractivity contribution in [2.75, 3.05) is 32.1 Å². The number of likely N-dealkylation sites (N-methyl/N-ethyl adjacent to an activating group) is 2. The largest absolute Gasteiger partial charge is 0.358 e. The molecule has 0 radical (unpaired) electrons. The molecule has 1 fully saturated rings. The van der Waals surface area contributed by atoms with Crippen LogP contribution in [0.25, 0.3) is 0 Å². The van der Waals surface area contributed by atoms with Gasteiger partial charge in [-0.15, -0.1) is 0 Å². The minimum absolute atomic E-state index is 0.559. The smallest absolute Gasteiger partial charge is 0.137 e. The van der Waals surface area contributed by atoms with Gasteiger partial charge in [-0.2, -0.15) is 0 Å². The molecule has 100 valence electrons. The number of rotatable bonds is 3. The highest BCUT2D eigenvalue weighted by Crippen LogP contribution is 2.24. The van der Waals surface area contributed by atoms with Gasteiger partial charge < -0.3 is 9.80 Å². The number of anilines is 1. The third-order valence-corrected chi connectivity index (χ3v) is 4.06. The maximum atomic E-state index is 6.12. The average molecular weight is 269 g/mol. The van der Waals surface area contributed by atoms with E-state index in [-0.39, 0.29) is 0 Å². The summed E-state index contributed by atoms with van der Waals surface area (Å²) in [6.45, 7) is 6.04. The van der Waals surface area contributed by atoms with Gasteiger partial charge in [-0.25, -0.2) is 9.97 Å². The van der Waals surface area contributed by atoms with Crippen molar-refractivity contribution in [1.29, 1.82) is 0 Å². The molecule has 2 heterocycles. The summed E-state index contributed by atoms with van der Waals surface area (Å²) in [5.74, 6) is 1.68. The van der Waals surface area contributed by atoms with Gasteiger partial charge in [-0.1, -0.05) is 11.6 Å². The van der Waals surface area contributed by atoms with Crippen LogP contribution in [0.2, 0.25) is 5.15 Å². The van der Waals surface area contributed by atoms with Gasteiger partial charge in [0.25, 0.3) is 0 Å². The quantitative estimate of drug-likeness (QED) is 0.788. The van der Waals surface area contributed by atoms with Gasteiger partial charge >= 0.3 is 0 Å². The van der Waals surface area contributed by atoms with Crippen LogP contribution in [-0.2, 0) is 0 Å². The van der Waals surface area contributed by atoms with Crippen LogP contribution in [0.4, 0.5) is 5.82 Å². The van der Waals surface area contributed by atoms with E-state index < -0.39 is 0 Å². The van der Waals surface area contributed by atoms with Gasteiger partial charge in [0.1, 0.15) is 16.8 Å². The normalized spacial score (nSPS) is 20.4. The molecule has 18 heavy (non-hydrogen) atoms. The molecule has 4 nitrogen and oxygen atoms in total. The van der Waals surface area contributed by atoms with Crippen molar-refractivity contribution >= 4 is 17.4 Å². The zero-order valence-corrected chi connectivity index (χ0v) is 12.3. The Morgan fingerprint density at radius 1 is 1.39 bits per heavy atom. The van der Waals surface area contributed by atoms with E-state index in [2.05, 4.69) is 33.9 Å². The third-order valence-electron chi connectivity index (χ3n) is 3.69. The van der Waals surface area contributed by atoms with Crippen molar-refractivity contribution < 1.29 is 0 Å². The first-order valence-electron chi connectivity index (χ1n) is 6.41. The summed E-state index contributed by atoms with van der Waals surface area (Å²) in [6.07, 6.45) is 2.55. The number of likely N-dealkylation sites (tertiary alicyclic amines) is 1. The fourth-order valence-electron chi connectivity index (χ4n) is 2.56. The van der Waals surface area contributed by atoms with E-state index >= 15 is 0 Å². The Labute approximate surface area is 114 Å². The summed E-state index contributed by atoms with van der Waals surface area (Å²) in [5, 5.41) is 0.559. The third kappa shape index (κ3) is 2.75. The van der Waals surface area contributed by atoms with Crippen LogP contribution in [0.3, 0.4) is 0 Å². The molecular weight excluding hydrogens is 248 g/mol. The van der Waals surface area contributed by atoms with Crippen LogP contribution in [0.5, 0.6) is 0 Å². The molecule has 0 saturated carbocycles. The predicted octanol–water partition coefficient (Wildman–Crippen LogP) is 2.28. The summed E-state index contributed by atoms with van der Waals surface area (Å²) in [4.78, 5) is 13.3. The Bertz CT molecular complexity index is 435. The fourth-order valence-corrected chi connectivity index (χ4v) is 2.77. The van der Waals surface area contributed by atoms with Crippen molar-refractivity contribution in [3.8, 4) is 0 Å². The topological polar surface area (TPSA) is 32.3 Å². The van der Waals surface area contributed by atoms with Crippen LogP contribution < -0.4 is 4.90 Å². The molecule has 0 spiro atoms. The number of hydrogen-bond donors (Lipinski definition) is 0. The van der Waals surface area contributed by atoms with Crippen LogP contribution in [0, 0.1) is 13.8 Å². The van der Waals surface area contributed by atoms with Crippen molar-refractivity contribution in [3.05, 3.63) is 16.5 Å². The Kier molecular flexibility index (Phi) is 4.07. The minimum atomic E-state index is 0.559. The van der Waals surface area contributed by atoms with Crippen molar-refractivity contribution in [2.45, 2.75) is 32.7 Å². The van der Waals surface area contributed by atoms with Gasteiger partial charge in [-0.3, -0.25) is 0 Å². The maximum absolute atomic E-state index is 6.12. The molecule has 1 aromatic heterocycles.